The molecule has 4 amide bonds. The highest BCUT2D eigenvalue weighted by molar-refractivity contribution is 6.23. The highest BCUT2D eigenvalue weighted by atomic mass is 16.4. The second kappa shape index (κ2) is 6.52. The third-order valence-electron chi connectivity index (χ3n) is 4.26. The summed E-state index contributed by atoms with van der Waals surface area (Å²) in [6.45, 7) is -0.499. The van der Waals surface area contributed by atoms with Gasteiger partial charge in [0.1, 0.15) is 0 Å². The number of urea groups is 1. The van der Waals surface area contributed by atoms with Crippen LogP contribution in [0.1, 0.15) is 10.4 Å². The first-order valence-electron chi connectivity index (χ1n) is 7.87. The third-order valence-corrected chi connectivity index (χ3v) is 4.26. The minimum atomic E-state index is -1.16. The number of aliphatic imine (C=N–C) groups is 1. The zero-order valence-electron chi connectivity index (χ0n) is 14.5. The van der Waals surface area contributed by atoms with Crippen molar-refractivity contribution in [2.75, 3.05) is 26.0 Å². The number of amidine groups is 1. The van der Waals surface area contributed by atoms with Crippen molar-refractivity contribution >= 4 is 41.3 Å². The molecule has 1 unspecified atom stereocenters. The predicted molar refractivity (Wildman–Crippen MR) is 93.5 cm³/mol. The molecule has 27 heavy (non-hydrogen) atoms. The lowest BCUT2D eigenvalue weighted by atomic mass is 10.1. The Labute approximate surface area is 153 Å². The summed E-state index contributed by atoms with van der Waals surface area (Å²) in [5.74, 6) is -2.07. The fraction of sp³-hybridized carbons (Fsp3) is 0.250. The smallest absolute Gasteiger partial charge is 0.395 e. The van der Waals surface area contributed by atoms with E-state index in [0.717, 1.165) is 4.90 Å². The third kappa shape index (κ3) is 3.10. The lowest BCUT2D eigenvalue weighted by molar-refractivity contribution is -0.525. The van der Waals surface area contributed by atoms with Gasteiger partial charge >= 0.3 is 18.0 Å². The van der Waals surface area contributed by atoms with Gasteiger partial charge in [-0.2, -0.15) is 0 Å². The molecule has 0 spiro atoms. The van der Waals surface area contributed by atoms with Crippen LogP contribution in [0.4, 0.5) is 10.5 Å². The van der Waals surface area contributed by atoms with Crippen LogP contribution in [0.15, 0.2) is 29.3 Å². The first-order valence-corrected chi connectivity index (χ1v) is 7.87. The van der Waals surface area contributed by atoms with Crippen molar-refractivity contribution in [3.63, 3.8) is 0 Å². The number of likely N-dealkylation sites (N-methyl/N-ethyl adjacent to an activating group) is 2. The molecule has 2 heterocycles. The van der Waals surface area contributed by atoms with Gasteiger partial charge < -0.3 is 10.8 Å². The Morgan fingerprint density at radius 2 is 1.85 bits per heavy atom. The number of nitrogens with two attached hydrogens (primary N) is 1. The number of hydrogen-bond acceptors (Lipinski definition) is 6. The lowest BCUT2D eigenvalue weighted by Gasteiger charge is -2.31. The van der Waals surface area contributed by atoms with E-state index >= 15 is 0 Å². The van der Waals surface area contributed by atoms with E-state index in [4.69, 9.17) is 5.73 Å². The molecule has 0 saturated carbocycles. The van der Waals surface area contributed by atoms with Crippen molar-refractivity contribution < 1.29 is 28.9 Å². The Morgan fingerprint density at radius 3 is 2.41 bits per heavy atom. The Balaban J connectivity index is 1.99. The van der Waals surface area contributed by atoms with Crippen molar-refractivity contribution in [3.8, 4) is 0 Å². The number of amides is 4. The number of primary amides is 1. The van der Waals surface area contributed by atoms with E-state index in [-0.39, 0.29) is 11.8 Å². The van der Waals surface area contributed by atoms with Crippen LogP contribution < -0.4 is 11.1 Å². The fourth-order valence-electron chi connectivity index (χ4n) is 2.86. The van der Waals surface area contributed by atoms with Crippen molar-refractivity contribution in [1.29, 1.82) is 0 Å². The minimum Gasteiger partial charge on any atom is -0.479 e. The molecule has 11 heteroatoms. The first kappa shape index (κ1) is 18.0. The number of rotatable bonds is 4. The molecule has 1 fully saturated rings. The number of carboxylic acid groups (broad SMARTS) is 1. The van der Waals surface area contributed by atoms with Gasteiger partial charge in [-0.25, -0.2) is 19.5 Å². The quantitative estimate of drug-likeness (QED) is 0.574. The fourth-order valence-corrected chi connectivity index (χ4v) is 2.86. The van der Waals surface area contributed by atoms with Gasteiger partial charge in [-0.3, -0.25) is 19.4 Å². The summed E-state index contributed by atoms with van der Waals surface area (Å²) in [5.41, 5.74) is 6.01. The van der Waals surface area contributed by atoms with Crippen LogP contribution in [0.5, 0.6) is 0 Å². The van der Waals surface area contributed by atoms with Gasteiger partial charge in [0.2, 0.25) is 17.8 Å². The van der Waals surface area contributed by atoms with Gasteiger partial charge in [-0.15, -0.1) is 0 Å². The number of guanidine groups is 1. The molecule has 1 saturated heterocycles. The second-order valence-electron chi connectivity index (χ2n) is 6.02. The molecule has 0 radical (unpaired) electrons. The number of imide groups is 1. The topological polar surface area (TPSA) is 148 Å². The molecule has 0 aromatic heterocycles. The standard InChI is InChI=1S/C16H16N6O5/c1-20-13-11(14(26)21(2)16(20)27)22(7-10(23)24)15(19-13)18-9-5-3-8(4-6-9)12(17)25/h3-6,11H,7H2,1-2H3,(H3,17,23,24,25)/p+1. The van der Waals surface area contributed by atoms with E-state index in [2.05, 4.69) is 10.3 Å². The average Bonchev–Trinajstić information content (AvgIpc) is 2.96. The molecule has 1 atom stereocenters. The molecule has 2 aliphatic rings. The molecular weight excluding hydrogens is 356 g/mol. The van der Waals surface area contributed by atoms with Gasteiger partial charge in [0.25, 0.3) is 5.91 Å². The van der Waals surface area contributed by atoms with Crippen LogP contribution >= 0.6 is 0 Å². The molecular formula is C16H17N6O5+. The second-order valence-corrected chi connectivity index (χ2v) is 6.02. The molecule has 1 aromatic carbocycles. The van der Waals surface area contributed by atoms with Crippen LogP contribution in [0, 0.1) is 0 Å². The lowest BCUT2D eigenvalue weighted by Crippen LogP contribution is -2.61. The number of carbonyl (C=O) groups excluding carboxylic acids is 3. The summed E-state index contributed by atoms with van der Waals surface area (Å²) in [6.07, 6.45) is 0. The van der Waals surface area contributed by atoms with Crippen molar-refractivity contribution in [2.24, 2.45) is 10.7 Å². The summed E-state index contributed by atoms with van der Waals surface area (Å²) >= 11 is 0. The number of carbonyl (C=O) groups is 4. The maximum absolute atomic E-state index is 12.5. The van der Waals surface area contributed by atoms with E-state index in [1.54, 1.807) is 12.1 Å². The number of anilines is 1. The summed E-state index contributed by atoms with van der Waals surface area (Å²) in [7, 11) is 2.78. The molecule has 1 aromatic rings. The Kier molecular flexibility index (Phi) is 4.35. The molecule has 3 rings (SSSR count). The number of nitrogens with zero attached hydrogens (tertiary/aromatic N) is 4. The van der Waals surface area contributed by atoms with Crippen LogP contribution in [-0.2, 0) is 9.59 Å². The van der Waals surface area contributed by atoms with Gasteiger partial charge in [0.15, 0.2) is 6.54 Å². The molecule has 140 valence electrons. The van der Waals surface area contributed by atoms with E-state index in [0.29, 0.717) is 11.3 Å². The number of fused-ring (bicyclic) bond motifs is 1. The van der Waals surface area contributed by atoms with Crippen LogP contribution in [0.3, 0.4) is 0 Å². The van der Waals surface area contributed by atoms with E-state index in [1.165, 1.54) is 35.7 Å². The molecule has 11 nitrogen and oxygen atoms in total. The number of nitrogens with one attached hydrogen (secondary N) is 1. The minimum absolute atomic E-state index is 0.104. The van der Waals surface area contributed by atoms with Crippen LogP contribution in [0.2, 0.25) is 0 Å². The molecule has 0 bridgehead atoms. The monoisotopic (exact) mass is 373 g/mol. The van der Waals surface area contributed by atoms with E-state index < -0.39 is 36.4 Å². The number of benzene rings is 1. The largest absolute Gasteiger partial charge is 0.479 e. The first-order chi connectivity index (χ1) is 12.7. The maximum Gasteiger partial charge on any atom is 0.395 e. The number of carboxylic acids is 1. The highest BCUT2D eigenvalue weighted by Crippen LogP contribution is 2.20. The summed E-state index contributed by atoms with van der Waals surface area (Å²) in [6, 6.07) is 4.54. The number of aliphatic carboxylic acids is 1. The summed E-state index contributed by atoms with van der Waals surface area (Å²) in [4.78, 5) is 53.5. The predicted octanol–water partition coefficient (Wildman–Crippen LogP) is -1.04. The van der Waals surface area contributed by atoms with E-state index in [9.17, 15) is 24.3 Å². The van der Waals surface area contributed by atoms with E-state index in [1.807, 2.05) is 0 Å². The highest BCUT2D eigenvalue weighted by Gasteiger charge is 2.51. The van der Waals surface area contributed by atoms with Crippen molar-refractivity contribution in [2.45, 2.75) is 6.04 Å². The van der Waals surface area contributed by atoms with Crippen LogP contribution in [-0.4, -0.2) is 81.8 Å². The Hall–Kier alpha value is -3.76. The summed E-state index contributed by atoms with van der Waals surface area (Å²) < 4.78 is 1.27. The average molecular weight is 373 g/mol. The van der Waals surface area contributed by atoms with Gasteiger partial charge in [-0.1, -0.05) is 4.99 Å². The maximum atomic E-state index is 12.5. The molecule has 0 aliphatic carbocycles. The number of hydrogen-bond donors (Lipinski definition) is 3. The van der Waals surface area contributed by atoms with Gasteiger partial charge in [-0.05, 0) is 24.3 Å². The van der Waals surface area contributed by atoms with Gasteiger partial charge in [0, 0.05) is 19.7 Å². The molecule has 2 aliphatic heterocycles. The van der Waals surface area contributed by atoms with Crippen molar-refractivity contribution in [3.05, 3.63) is 29.8 Å². The Morgan fingerprint density at radius 1 is 1.22 bits per heavy atom. The zero-order valence-corrected chi connectivity index (χ0v) is 14.5. The zero-order chi connectivity index (χ0) is 19.9. The van der Waals surface area contributed by atoms with Gasteiger partial charge in [0.05, 0.1) is 5.69 Å². The normalized spacial score (nSPS) is 19.2. The Bertz CT molecular complexity index is 920. The molecule has 4 N–H and O–H groups in total. The SMILES string of the molecule is CN1C(=O)C2C(=NC(Nc3ccc(C(N)=O)cc3)=[N+]2CC(=O)O)N(C)C1=O. The summed E-state index contributed by atoms with van der Waals surface area (Å²) in [5, 5.41) is 12.1. The van der Waals surface area contributed by atoms with Crippen molar-refractivity contribution in [1.82, 2.24) is 9.80 Å². The van der Waals surface area contributed by atoms with Crippen LogP contribution in [0.25, 0.3) is 0 Å².